The van der Waals surface area contributed by atoms with Crippen LogP contribution in [0.2, 0.25) is 0 Å². The van der Waals surface area contributed by atoms with Gasteiger partial charge in [-0.15, -0.1) is 0 Å². The third kappa shape index (κ3) is 6.35. The number of ether oxygens (including phenoxy) is 5. The molecule has 1 spiro atoms. The molecule has 1 aliphatic carbocycles. The largest absolute Gasteiger partial charge is 0.497 e. The summed E-state index contributed by atoms with van der Waals surface area (Å²) in [5, 5.41) is 22.2. The molecule has 248 valence electrons. The summed E-state index contributed by atoms with van der Waals surface area (Å²) in [6.45, 7) is 7.17. The fourth-order valence-corrected chi connectivity index (χ4v) is 7.65. The van der Waals surface area contributed by atoms with Crippen molar-refractivity contribution in [2.75, 3.05) is 27.0 Å². The van der Waals surface area contributed by atoms with Gasteiger partial charge in [-0.05, 0) is 101 Å². The van der Waals surface area contributed by atoms with E-state index in [0.717, 1.165) is 54.6 Å². The first-order valence-corrected chi connectivity index (χ1v) is 16.2. The number of hydrogen-bond acceptors (Lipinski definition) is 10. The minimum Gasteiger partial charge on any atom is -0.497 e. The lowest BCUT2D eigenvalue weighted by Gasteiger charge is -2.39. The van der Waals surface area contributed by atoms with Gasteiger partial charge in [0.05, 0.1) is 30.6 Å². The Kier molecular flexibility index (Phi) is 8.82. The van der Waals surface area contributed by atoms with E-state index in [0.29, 0.717) is 23.7 Å². The minimum atomic E-state index is -2.18. The molecule has 2 aromatic carbocycles. The molecule has 10 nitrogen and oxygen atoms in total. The number of rotatable bonds is 11. The summed E-state index contributed by atoms with van der Waals surface area (Å²) in [5.41, 5.74) is 0.293. The van der Waals surface area contributed by atoms with Gasteiger partial charge in [0.15, 0.2) is 23.2 Å². The van der Waals surface area contributed by atoms with Crippen LogP contribution in [-0.4, -0.2) is 76.9 Å². The maximum absolute atomic E-state index is 14.2. The summed E-state index contributed by atoms with van der Waals surface area (Å²) in [4.78, 5) is 29.7. The molecule has 4 aliphatic rings. The van der Waals surface area contributed by atoms with Crippen LogP contribution in [0.4, 0.5) is 0 Å². The van der Waals surface area contributed by atoms with Crippen molar-refractivity contribution in [1.29, 1.82) is 0 Å². The molecule has 46 heavy (non-hydrogen) atoms. The van der Waals surface area contributed by atoms with E-state index in [4.69, 9.17) is 23.7 Å². The van der Waals surface area contributed by atoms with E-state index in [1.54, 1.807) is 21.0 Å². The van der Waals surface area contributed by atoms with Crippen LogP contribution in [0.25, 0.3) is 0 Å². The number of esters is 2. The van der Waals surface area contributed by atoms with Crippen molar-refractivity contribution in [1.82, 2.24) is 4.90 Å². The van der Waals surface area contributed by atoms with Gasteiger partial charge in [-0.2, -0.15) is 0 Å². The van der Waals surface area contributed by atoms with Crippen LogP contribution >= 0.6 is 0 Å². The van der Waals surface area contributed by atoms with Crippen LogP contribution in [0.5, 0.6) is 11.5 Å². The predicted molar refractivity (Wildman–Crippen MR) is 168 cm³/mol. The normalized spacial score (nSPS) is 24.6. The monoisotopic (exact) mass is 635 g/mol. The van der Waals surface area contributed by atoms with E-state index in [1.807, 2.05) is 43.3 Å². The average Bonchev–Trinajstić information content (AvgIpc) is 3.69. The van der Waals surface area contributed by atoms with Gasteiger partial charge < -0.3 is 33.9 Å². The van der Waals surface area contributed by atoms with Gasteiger partial charge in [0.2, 0.25) is 6.79 Å². The third-order valence-electron chi connectivity index (χ3n) is 9.88. The van der Waals surface area contributed by atoms with Crippen LogP contribution in [-0.2, 0) is 36.8 Å². The summed E-state index contributed by atoms with van der Waals surface area (Å²) in [5.74, 6) is -0.102. The summed E-state index contributed by atoms with van der Waals surface area (Å²) in [6, 6.07) is 11.6. The van der Waals surface area contributed by atoms with Gasteiger partial charge in [-0.1, -0.05) is 29.8 Å². The molecular formula is C36H45NO9. The van der Waals surface area contributed by atoms with Crippen molar-refractivity contribution in [3.63, 3.8) is 0 Å². The van der Waals surface area contributed by atoms with E-state index in [-0.39, 0.29) is 32.2 Å². The van der Waals surface area contributed by atoms with Gasteiger partial charge in [-0.3, -0.25) is 9.69 Å². The standard InChI is InChI=1S/C36H45NO9/c1-23-8-5-9-24(16-23)21-43-30(38)20-36(41,13-6-11-34(2,3)40)33(39)46-32-29(42-4)19-35-12-7-14-37(35)15-10-25-17-27-28(45-22-44-27)18-26(25)31(32)35/h5,8-9,16-19,31-32,40-41H,6-7,10-15,20-22H2,1-4H3/t31-,32?,35-,36-/m1/s1. The van der Waals surface area contributed by atoms with E-state index >= 15 is 0 Å². The smallest absolute Gasteiger partial charge is 0.339 e. The van der Waals surface area contributed by atoms with Crippen molar-refractivity contribution in [2.45, 2.75) is 101 Å². The van der Waals surface area contributed by atoms with Gasteiger partial charge in [0.25, 0.3) is 0 Å². The van der Waals surface area contributed by atoms with Crippen LogP contribution < -0.4 is 9.47 Å². The lowest BCUT2D eigenvalue weighted by atomic mass is 9.77. The number of carbonyl (C=O) groups excluding carboxylic acids is 2. The molecular weight excluding hydrogens is 590 g/mol. The quantitative estimate of drug-likeness (QED) is 0.342. The number of nitrogens with zero attached hydrogens (tertiary/aromatic N) is 1. The lowest BCUT2D eigenvalue weighted by Crippen LogP contribution is -2.49. The first kappa shape index (κ1) is 32.3. The Bertz CT molecular complexity index is 1510. The fraction of sp³-hybridized carbons (Fsp3) is 0.556. The van der Waals surface area contributed by atoms with Crippen LogP contribution in [0.1, 0.15) is 80.5 Å². The SMILES string of the molecule is COC1=C[C@@]23CCCN2CCc2cc4c(cc2[C@@H]3C1OC(=O)[C@@](O)(CCCC(C)(C)O)CC(=O)OCc1cccc(C)c1)OCO4. The molecule has 2 N–H and O–H groups in total. The molecule has 2 aromatic rings. The number of hydrogen-bond donors (Lipinski definition) is 2. The van der Waals surface area contributed by atoms with E-state index in [9.17, 15) is 19.8 Å². The molecule has 3 heterocycles. The zero-order chi connectivity index (χ0) is 32.7. The molecule has 3 aliphatic heterocycles. The average molecular weight is 636 g/mol. The Hall–Kier alpha value is -3.60. The maximum Gasteiger partial charge on any atom is 0.339 e. The van der Waals surface area contributed by atoms with Crippen LogP contribution in [0.15, 0.2) is 48.2 Å². The summed E-state index contributed by atoms with van der Waals surface area (Å²) >= 11 is 0. The van der Waals surface area contributed by atoms with Gasteiger partial charge in [-0.25, -0.2) is 4.79 Å². The molecule has 6 rings (SSSR count). The van der Waals surface area contributed by atoms with E-state index < -0.39 is 41.2 Å². The highest BCUT2D eigenvalue weighted by Gasteiger charge is 2.59. The highest BCUT2D eigenvalue weighted by Crippen LogP contribution is 2.55. The number of fused-ring (bicyclic) bond motifs is 3. The molecule has 0 aromatic heterocycles. The number of aliphatic hydroxyl groups is 2. The molecule has 1 saturated heterocycles. The van der Waals surface area contributed by atoms with Crippen molar-refractivity contribution < 1.29 is 43.5 Å². The molecule has 1 unspecified atom stereocenters. The van der Waals surface area contributed by atoms with Crippen LogP contribution in [0.3, 0.4) is 0 Å². The lowest BCUT2D eigenvalue weighted by molar-refractivity contribution is -0.179. The molecule has 0 bridgehead atoms. The predicted octanol–water partition coefficient (Wildman–Crippen LogP) is 4.46. The highest BCUT2D eigenvalue weighted by atomic mass is 16.7. The Labute approximate surface area is 270 Å². The molecule has 0 saturated carbocycles. The first-order valence-electron chi connectivity index (χ1n) is 16.2. The molecule has 4 atom stereocenters. The van der Waals surface area contributed by atoms with Crippen molar-refractivity contribution >= 4 is 11.9 Å². The van der Waals surface area contributed by atoms with E-state index in [1.165, 1.54) is 0 Å². The number of methoxy groups -OCH3 is 1. The molecule has 0 radical (unpaired) electrons. The Morgan fingerprint density at radius 2 is 1.87 bits per heavy atom. The first-order chi connectivity index (χ1) is 21.9. The van der Waals surface area contributed by atoms with Gasteiger partial charge >= 0.3 is 11.9 Å². The topological polar surface area (TPSA) is 124 Å². The second kappa shape index (κ2) is 12.5. The zero-order valence-corrected chi connectivity index (χ0v) is 27.2. The second-order valence-corrected chi connectivity index (χ2v) is 13.8. The van der Waals surface area contributed by atoms with Crippen LogP contribution in [0, 0.1) is 6.92 Å². The summed E-state index contributed by atoms with van der Waals surface area (Å²) < 4.78 is 29.1. The number of aryl methyl sites for hydroxylation is 1. The van der Waals surface area contributed by atoms with Crippen molar-refractivity contribution in [3.05, 3.63) is 70.5 Å². The molecule has 0 amide bonds. The molecule has 10 heteroatoms. The second-order valence-electron chi connectivity index (χ2n) is 13.8. The van der Waals surface area contributed by atoms with Crippen molar-refractivity contribution in [3.8, 4) is 11.5 Å². The van der Waals surface area contributed by atoms with E-state index in [2.05, 4.69) is 11.0 Å². The highest BCUT2D eigenvalue weighted by molar-refractivity contribution is 5.86. The fourth-order valence-electron chi connectivity index (χ4n) is 7.65. The summed E-state index contributed by atoms with van der Waals surface area (Å²) in [6.07, 6.45) is 3.80. The Balaban J connectivity index is 1.29. The Morgan fingerprint density at radius 3 is 2.61 bits per heavy atom. The molecule has 1 fully saturated rings. The number of benzene rings is 2. The number of carbonyl (C=O) groups is 2. The van der Waals surface area contributed by atoms with Gasteiger partial charge in [0, 0.05) is 6.54 Å². The third-order valence-corrected chi connectivity index (χ3v) is 9.88. The van der Waals surface area contributed by atoms with Gasteiger partial charge in [0.1, 0.15) is 12.4 Å². The minimum absolute atomic E-state index is 0.0157. The Morgan fingerprint density at radius 1 is 1.09 bits per heavy atom. The zero-order valence-electron chi connectivity index (χ0n) is 27.2. The summed E-state index contributed by atoms with van der Waals surface area (Å²) in [7, 11) is 1.56. The van der Waals surface area contributed by atoms with Crippen molar-refractivity contribution in [2.24, 2.45) is 0 Å². The maximum atomic E-state index is 14.2.